The molecule has 4 rings (SSSR count). The Morgan fingerprint density at radius 1 is 0.654 bits per heavy atom. The van der Waals surface area contributed by atoms with Gasteiger partial charge in [-0.25, -0.2) is 4.98 Å². The molecule has 1 nitrogen and oxygen atoms in total. The van der Waals surface area contributed by atoms with Gasteiger partial charge in [0.2, 0.25) is 0 Å². The first kappa shape index (κ1) is 16.5. The fourth-order valence-corrected chi connectivity index (χ4v) is 3.59. The molecule has 128 valence electrons. The lowest BCUT2D eigenvalue weighted by Crippen LogP contribution is -1.94. The molecule has 26 heavy (non-hydrogen) atoms. The molecule has 1 heteroatoms. The van der Waals surface area contributed by atoms with E-state index in [0.717, 1.165) is 11.2 Å². The molecule has 0 amide bonds. The molecule has 3 aromatic carbocycles. The number of para-hydroxylation sites is 1. The predicted molar refractivity (Wildman–Crippen MR) is 112 cm³/mol. The van der Waals surface area contributed by atoms with Crippen LogP contribution in [-0.2, 0) is 0 Å². The van der Waals surface area contributed by atoms with Crippen molar-refractivity contribution in [1.82, 2.24) is 4.98 Å². The van der Waals surface area contributed by atoms with E-state index in [2.05, 4.69) is 94.4 Å². The third-order valence-corrected chi connectivity index (χ3v) is 5.17. The maximum absolute atomic E-state index is 4.99. The number of benzene rings is 3. The molecule has 0 atom stereocenters. The minimum absolute atomic E-state index is 1.04. The van der Waals surface area contributed by atoms with Crippen LogP contribution in [0.15, 0.2) is 66.7 Å². The molecule has 0 aliphatic rings. The van der Waals surface area contributed by atoms with Crippen LogP contribution in [0.3, 0.4) is 0 Å². The lowest BCUT2D eigenvalue weighted by molar-refractivity contribution is 1.28. The van der Waals surface area contributed by atoms with Crippen LogP contribution in [0.25, 0.3) is 33.3 Å². The average molecular weight is 337 g/mol. The molecular weight excluding hydrogens is 314 g/mol. The second kappa shape index (κ2) is 6.42. The molecule has 4 aromatic rings. The van der Waals surface area contributed by atoms with Crippen molar-refractivity contribution in [2.24, 2.45) is 0 Å². The number of hydrogen-bond donors (Lipinski definition) is 0. The summed E-state index contributed by atoms with van der Waals surface area (Å²) in [5.74, 6) is 0. The van der Waals surface area contributed by atoms with Crippen molar-refractivity contribution in [2.75, 3.05) is 0 Å². The number of aromatic nitrogens is 1. The normalized spacial score (nSPS) is 11.1. The van der Waals surface area contributed by atoms with Gasteiger partial charge < -0.3 is 0 Å². The van der Waals surface area contributed by atoms with Gasteiger partial charge in [-0.3, -0.25) is 0 Å². The van der Waals surface area contributed by atoms with E-state index < -0.39 is 0 Å². The zero-order valence-electron chi connectivity index (χ0n) is 15.8. The van der Waals surface area contributed by atoms with Crippen LogP contribution in [0.2, 0.25) is 0 Å². The summed E-state index contributed by atoms with van der Waals surface area (Å²) in [4.78, 5) is 4.99. The molecule has 0 saturated heterocycles. The summed E-state index contributed by atoms with van der Waals surface area (Å²) < 4.78 is 0. The SMILES string of the molecule is Cc1ccc(-c2cc(-c3cc(C)cc(C)c3C)nc3ccccc23)cc1. The summed E-state index contributed by atoms with van der Waals surface area (Å²) in [6, 6.07) is 23.9. The van der Waals surface area contributed by atoms with Gasteiger partial charge in [-0.1, -0.05) is 59.7 Å². The van der Waals surface area contributed by atoms with Crippen molar-refractivity contribution < 1.29 is 0 Å². The highest BCUT2D eigenvalue weighted by Gasteiger charge is 2.12. The zero-order chi connectivity index (χ0) is 18.3. The van der Waals surface area contributed by atoms with Gasteiger partial charge in [0.15, 0.2) is 0 Å². The molecular formula is C25H23N. The van der Waals surface area contributed by atoms with Crippen molar-refractivity contribution in [2.45, 2.75) is 27.7 Å². The number of aryl methyl sites for hydroxylation is 3. The molecule has 1 aromatic heterocycles. The van der Waals surface area contributed by atoms with Crippen molar-refractivity contribution in [3.05, 3.63) is 89.0 Å². The van der Waals surface area contributed by atoms with Crippen LogP contribution in [0.1, 0.15) is 22.3 Å². The number of fused-ring (bicyclic) bond motifs is 1. The van der Waals surface area contributed by atoms with Gasteiger partial charge in [-0.05, 0) is 68.1 Å². The van der Waals surface area contributed by atoms with Crippen molar-refractivity contribution >= 4 is 10.9 Å². The summed E-state index contributed by atoms with van der Waals surface area (Å²) >= 11 is 0. The molecule has 0 bridgehead atoms. The maximum Gasteiger partial charge on any atom is 0.0718 e. The van der Waals surface area contributed by atoms with Gasteiger partial charge in [0, 0.05) is 10.9 Å². The standard InChI is InChI=1S/C25H23N/c1-16-9-11-20(12-10-16)23-15-25(26-24-8-6-5-7-21(23)24)22-14-17(2)13-18(3)19(22)4/h5-15H,1-4H3. The Bertz CT molecular complexity index is 1100. The van der Waals surface area contributed by atoms with Gasteiger partial charge in [0.1, 0.15) is 0 Å². The fraction of sp³-hybridized carbons (Fsp3) is 0.160. The summed E-state index contributed by atoms with van der Waals surface area (Å²) in [6.45, 7) is 8.64. The average Bonchev–Trinajstić information content (AvgIpc) is 2.64. The first-order chi connectivity index (χ1) is 12.5. The number of hydrogen-bond acceptors (Lipinski definition) is 1. The molecule has 1 heterocycles. The smallest absolute Gasteiger partial charge is 0.0718 e. The van der Waals surface area contributed by atoms with Crippen molar-refractivity contribution in [1.29, 1.82) is 0 Å². The maximum atomic E-state index is 4.99. The second-order valence-electron chi connectivity index (χ2n) is 7.19. The minimum atomic E-state index is 1.04. The van der Waals surface area contributed by atoms with Gasteiger partial charge in [0.05, 0.1) is 11.2 Å². The molecule has 0 fully saturated rings. The predicted octanol–water partition coefficient (Wildman–Crippen LogP) is 6.80. The van der Waals surface area contributed by atoms with E-state index >= 15 is 0 Å². The Kier molecular flexibility index (Phi) is 4.08. The molecule has 0 aliphatic carbocycles. The van der Waals surface area contributed by atoms with Gasteiger partial charge in [-0.2, -0.15) is 0 Å². The molecule has 0 unspecified atom stereocenters. The molecule has 0 N–H and O–H groups in total. The number of pyridine rings is 1. The van der Waals surface area contributed by atoms with Crippen LogP contribution < -0.4 is 0 Å². The topological polar surface area (TPSA) is 12.9 Å². The van der Waals surface area contributed by atoms with Crippen LogP contribution >= 0.6 is 0 Å². The fourth-order valence-electron chi connectivity index (χ4n) is 3.59. The molecule has 0 aliphatic heterocycles. The molecule has 0 spiro atoms. The minimum Gasteiger partial charge on any atom is -0.248 e. The Hall–Kier alpha value is -2.93. The Morgan fingerprint density at radius 2 is 1.38 bits per heavy atom. The first-order valence-electron chi connectivity index (χ1n) is 9.08. The summed E-state index contributed by atoms with van der Waals surface area (Å²) in [5, 5.41) is 1.20. The van der Waals surface area contributed by atoms with Crippen LogP contribution in [0.5, 0.6) is 0 Å². The summed E-state index contributed by atoms with van der Waals surface area (Å²) in [7, 11) is 0. The Balaban J connectivity index is 2.03. The van der Waals surface area contributed by atoms with Gasteiger partial charge in [0.25, 0.3) is 0 Å². The largest absolute Gasteiger partial charge is 0.248 e. The van der Waals surface area contributed by atoms with Crippen LogP contribution in [0.4, 0.5) is 0 Å². The highest BCUT2D eigenvalue weighted by Crippen LogP contribution is 2.34. The third kappa shape index (κ3) is 2.90. The number of nitrogens with zero attached hydrogens (tertiary/aromatic N) is 1. The summed E-state index contributed by atoms with van der Waals surface area (Å²) in [6.07, 6.45) is 0. The third-order valence-electron chi connectivity index (χ3n) is 5.17. The van der Waals surface area contributed by atoms with E-state index in [-0.39, 0.29) is 0 Å². The highest BCUT2D eigenvalue weighted by atomic mass is 14.7. The van der Waals surface area contributed by atoms with E-state index in [4.69, 9.17) is 4.98 Å². The van der Waals surface area contributed by atoms with E-state index in [1.807, 2.05) is 0 Å². The first-order valence-corrected chi connectivity index (χ1v) is 9.08. The van der Waals surface area contributed by atoms with Gasteiger partial charge in [-0.15, -0.1) is 0 Å². The van der Waals surface area contributed by atoms with E-state index in [1.165, 1.54) is 44.3 Å². The van der Waals surface area contributed by atoms with Gasteiger partial charge >= 0.3 is 0 Å². The van der Waals surface area contributed by atoms with Crippen LogP contribution in [-0.4, -0.2) is 4.98 Å². The monoisotopic (exact) mass is 337 g/mol. The highest BCUT2D eigenvalue weighted by molar-refractivity contribution is 5.96. The zero-order valence-corrected chi connectivity index (χ0v) is 15.8. The lowest BCUT2D eigenvalue weighted by Gasteiger charge is -2.14. The van der Waals surface area contributed by atoms with Crippen molar-refractivity contribution in [3.63, 3.8) is 0 Å². The van der Waals surface area contributed by atoms with Crippen LogP contribution in [0, 0.1) is 27.7 Å². The summed E-state index contributed by atoms with van der Waals surface area (Å²) in [5.41, 5.74) is 10.9. The number of rotatable bonds is 2. The lowest BCUT2D eigenvalue weighted by atomic mass is 9.94. The van der Waals surface area contributed by atoms with Crippen molar-refractivity contribution in [3.8, 4) is 22.4 Å². The second-order valence-corrected chi connectivity index (χ2v) is 7.19. The van der Waals surface area contributed by atoms with E-state index in [9.17, 15) is 0 Å². The van der Waals surface area contributed by atoms with E-state index in [0.29, 0.717) is 0 Å². The quantitative estimate of drug-likeness (QED) is 0.392. The Labute approximate surface area is 155 Å². The van der Waals surface area contributed by atoms with E-state index in [1.54, 1.807) is 0 Å². The molecule has 0 radical (unpaired) electrons. The molecule has 0 saturated carbocycles. The Morgan fingerprint density at radius 3 is 2.15 bits per heavy atom.